The first-order valence-electron chi connectivity index (χ1n) is 7.30. The molecule has 2 N–H and O–H groups in total. The number of nitrogens with zero attached hydrogens (tertiary/aromatic N) is 3. The SMILES string of the molecule is COc1ccc(Nc2cc(C(=O)Nc3ccc(F)cc3)ncn2)cn1. The van der Waals surface area contributed by atoms with Crippen LogP contribution in [0.3, 0.4) is 0 Å². The Hall–Kier alpha value is -3.55. The van der Waals surface area contributed by atoms with Gasteiger partial charge >= 0.3 is 0 Å². The van der Waals surface area contributed by atoms with Gasteiger partial charge in [0.05, 0.1) is 19.0 Å². The molecule has 7 nitrogen and oxygen atoms in total. The van der Waals surface area contributed by atoms with Crippen molar-refractivity contribution >= 4 is 23.1 Å². The third-order valence-electron chi connectivity index (χ3n) is 3.22. The Balaban J connectivity index is 1.71. The van der Waals surface area contributed by atoms with Crippen LogP contribution in [0.5, 0.6) is 5.88 Å². The second-order valence-corrected chi connectivity index (χ2v) is 4.96. The lowest BCUT2D eigenvalue weighted by molar-refractivity contribution is 0.102. The molecule has 2 aromatic heterocycles. The molecule has 0 fully saturated rings. The highest BCUT2D eigenvalue weighted by molar-refractivity contribution is 6.03. The van der Waals surface area contributed by atoms with Crippen molar-refractivity contribution in [3.8, 4) is 5.88 Å². The van der Waals surface area contributed by atoms with Crippen molar-refractivity contribution < 1.29 is 13.9 Å². The maximum absolute atomic E-state index is 12.9. The largest absolute Gasteiger partial charge is 0.481 e. The van der Waals surface area contributed by atoms with Crippen LogP contribution in [0.1, 0.15) is 10.5 Å². The molecule has 0 aliphatic rings. The molecule has 1 amide bonds. The number of amides is 1. The average molecular weight is 339 g/mol. The van der Waals surface area contributed by atoms with Crippen LogP contribution < -0.4 is 15.4 Å². The molecule has 0 atom stereocenters. The fraction of sp³-hybridized carbons (Fsp3) is 0.0588. The van der Waals surface area contributed by atoms with E-state index in [1.165, 1.54) is 43.8 Å². The highest BCUT2D eigenvalue weighted by Crippen LogP contribution is 2.17. The minimum absolute atomic E-state index is 0.170. The number of nitrogens with one attached hydrogen (secondary N) is 2. The van der Waals surface area contributed by atoms with Crippen molar-refractivity contribution in [2.75, 3.05) is 17.7 Å². The van der Waals surface area contributed by atoms with Crippen LogP contribution in [0.4, 0.5) is 21.6 Å². The molecule has 3 rings (SSSR count). The zero-order chi connectivity index (χ0) is 17.6. The van der Waals surface area contributed by atoms with E-state index in [2.05, 4.69) is 25.6 Å². The zero-order valence-corrected chi connectivity index (χ0v) is 13.2. The van der Waals surface area contributed by atoms with E-state index in [0.717, 1.165) is 0 Å². The zero-order valence-electron chi connectivity index (χ0n) is 13.2. The molecule has 8 heteroatoms. The van der Waals surface area contributed by atoms with Crippen molar-refractivity contribution in [3.05, 3.63) is 66.5 Å². The van der Waals surface area contributed by atoms with Crippen molar-refractivity contribution in [2.45, 2.75) is 0 Å². The van der Waals surface area contributed by atoms with Gasteiger partial charge in [0.1, 0.15) is 23.7 Å². The molecular formula is C17H14FN5O2. The van der Waals surface area contributed by atoms with E-state index in [-0.39, 0.29) is 11.5 Å². The predicted molar refractivity (Wildman–Crippen MR) is 90.5 cm³/mol. The van der Waals surface area contributed by atoms with Crippen molar-refractivity contribution in [2.24, 2.45) is 0 Å². The van der Waals surface area contributed by atoms with Gasteiger partial charge in [-0.1, -0.05) is 0 Å². The van der Waals surface area contributed by atoms with Gasteiger partial charge in [0.15, 0.2) is 0 Å². The van der Waals surface area contributed by atoms with Gasteiger partial charge in [-0.3, -0.25) is 4.79 Å². The van der Waals surface area contributed by atoms with Gasteiger partial charge in [0.25, 0.3) is 5.91 Å². The third kappa shape index (κ3) is 4.25. The first-order chi connectivity index (χ1) is 12.1. The lowest BCUT2D eigenvalue weighted by atomic mass is 10.3. The number of pyridine rings is 1. The fourth-order valence-electron chi connectivity index (χ4n) is 2.00. The summed E-state index contributed by atoms with van der Waals surface area (Å²) in [5.41, 5.74) is 1.33. The van der Waals surface area contributed by atoms with Crippen LogP contribution in [-0.2, 0) is 0 Å². The predicted octanol–water partition coefficient (Wildman–Crippen LogP) is 3.02. The average Bonchev–Trinajstić information content (AvgIpc) is 2.64. The van der Waals surface area contributed by atoms with Crippen molar-refractivity contribution in [1.82, 2.24) is 15.0 Å². The van der Waals surface area contributed by atoms with Crippen molar-refractivity contribution in [3.63, 3.8) is 0 Å². The number of anilines is 3. The van der Waals surface area contributed by atoms with Gasteiger partial charge in [-0.05, 0) is 30.3 Å². The number of hydrogen-bond donors (Lipinski definition) is 2. The van der Waals surface area contributed by atoms with E-state index in [0.29, 0.717) is 23.1 Å². The standard InChI is InChI=1S/C17H14FN5O2/c1-25-16-7-6-13(9-19-16)22-15-8-14(20-10-21-15)17(24)23-12-4-2-11(18)3-5-12/h2-10H,1H3,(H,23,24)(H,20,21,22). The quantitative estimate of drug-likeness (QED) is 0.743. The van der Waals surface area contributed by atoms with Crippen molar-refractivity contribution in [1.29, 1.82) is 0 Å². The normalized spacial score (nSPS) is 10.2. The Kier molecular flexibility index (Phi) is 4.79. The summed E-state index contributed by atoms with van der Waals surface area (Å²) in [6, 6.07) is 10.4. The molecule has 0 saturated heterocycles. The molecular weight excluding hydrogens is 325 g/mol. The topological polar surface area (TPSA) is 89.0 Å². The maximum atomic E-state index is 12.9. The molecule has 0 unspecified atom stereocenters. The van der Waals surface area contributed by atoms with Gasteiger partial charge in [-0.2, -0.15) is 0 Å². The smallest absolute Gasteiger partial charge is 0.274 e. The van der Waals surface area contributed by atoms with E-state index in [1.54, 1.807) is 18.3 Å². The first kappa shape index (κ1) is 16.3. The fourth-order valence-corrected chi connectivity index (χ4v) is 2.00. The number of hydrogen-bond acceptors (Lipinski definition) is 6. The number of ether oxygens (including phenoxy) is 1. The van der Waals surface area contributed by atoms with E-state index in [4.69, 9.17) is 4.74 Å². The number of halogens is 1. The molecule has 1 aromatic carbocycles. The Morgan fingerprint density at radius 3 is 2.48 bits per heavy atom. The van der Waals surface area contributed by atoms with Gasteiger partial charge in [-0.25, -0.2) is 19.3 Å². The van der Waals surface area contributed by atoms with E-state index < -0.39 is 5.91 Å². The van der Waals surface area contributed by atoms with E-state index in [9.17, 15) is 9.18 Å². The summed E-state index contributed by atoms with van der Waals surface area (Å²) in [7, 11) is 1.53. The Morgan fingerprint density at radius 1 is 1.04 bits per heavy atom. The second kappa shape index (κ2) is 7.35. The summed E-state index contributed by atoms with van der Waals surface area (Å²) in [5, 5.41) is 5.66. The van der Waals surface area contributed by atoms with Gasteiger partial charge < -0.3 is 15.4 Å². The van der Waals surface area contributed by atoms with E-state index in [1.807, 2.05) is 0 Å². The number of methoxy groups -OCH3 is 1. The molecule has 25 heavy (non-hydrogen) atoms. The van der Waals surface area contributed by atoms with Crippen LogP contribution in [0, 0.1) is 5.82 Å². The molecule has 0 aliphatic carbocycles. The van der Waals surface area contributed by atoms with Gasteiger partial charge in [0, 0.05) is 17.8 Å². The van der Waals surface area contributed by atoms with Crippen LogP contribution in [0.15, 0.2) is 55.0 Å². The summed E-state index contributed by atoms with van der Waals surface area (Å²) in [6.07, 6.45) is 2.86. The maximum Gasteiger partial charge on any atom is 0.274 e. The number of benzene rings is 1. The summed E-state index contributed by atoms with van der Waals surface area (Å²) in [5.74, 6) is 0.128. The molecule has 3 aromatic rings. The second-order valence-electron chi connectivity index (χ2n) is 4.96. The van der Waals surface area contributed by atoms with Crippen LogP contribution in [0.2, 0.25) is 0 Å². The first-order valence-corrected chi connectivity index (χ1v) is 7.30. The molecule has 0 radical (unpaired) electrons. The Bertz CT molecular complexity index is 869. The molecule has 126 valence electrons. The van der Waals surface area contributed by atoms with Crippen LogP contribution >= 0.6 is 0 Å². The summed E-state index contributed by atoms with van der Waals surface area (Å²) in [4.78, 5) is 24.3. The van der Waals surface area contributed by atoms with E-state index >= 15 is 0 Å². The highest BCUT2D eigenvalue weighted by atomic mass is 19.1. The molecule has 0 spiro atoms. The Labute approximate surface area is 142 Å². The van der Waals surface area contributed by atoms with Crippen LogP contribution in [-0.4, -0.2) is 28.0 Å². The summed E-state index contributed by atoms with van der Waals surface area (Å²) >= 11 is 0. The summed E-state index contributed by atoms with van der Waals surface area (Å²) < 4.78 is 17.9. The lowest BCUT2D eigenvalue weighted by Gasteiger charge is -2.08. The third-order valence-corrected chi connectivity index (χ3v) is 3.22. The molecule has 0 aliphatic heterocycles. The van der Waals surface area contributed by atoms with Crippen LogP contribution in [0.25, 0.3) is 0 Å². The minimum Gasteiger partial charge on any atom is -0.481 e. The number of aromatic nitrogens is 3. The minimum atomic E-state index is -0.426. The number of rotatable bonds is 5. The highest BCUT2D eigenvalue weighted by Gasteiger charge is 2.10. The summed E-state index contributed by atoms with van der Waals surface area (Å²) in [6.45, 7) is 0. The van der Waals surface area contributed by atoms with Gasteiger partial charge in [-0.15, -0.1) is 0 Å². The lowest BCUT2D eigenvalue weighted by Crippen LogP contribution is -2.14. The monoisotopic (exact) mass is 339 g/mol. The molecule has 2 heterocycles. The number of carbonyl (C=O) groups excluding carboxylic acids is 1. The Morgan fingerprint density at radius 2 is 1.80 bits per heavy atom. The molecule has 0 saturated carbocycles. The number of carbonyl (C=O) groups is 1. The van der Waals surface area contributed by atoms with Gasteiger partial charge in [0.2, 0.25) is 5.88 Å². The molecule has 0 bridgehead atoms.